The SMILES string of the molecule is COC(=O)c1cc(F)c(N2CCc3cc(C)ccc3C2)c(F)c1. The highest BCUT2D eigenvalue weighted by atomic mass is 19.1. The van der Waals surface area contributed by atoms with Gasteiger partial charge in [-0.2, -0.15) is 0 Å². The Morgan fingerprint density at radius 2 is 1.83 bits per heavy atom. The van der Waals surface area contributed by atoms with E-state index in [0.29, 0.717) is 13.1 Å². The molecule has 0 amide bonds. The fourth-order valence-corrected chi connectivity index (χ4v) is 2.98. The summed E-state index contributed by atoms with van der Waals surface area (Å²) in [5.41, 5.74) is 3.24. The van der Waals surface area contributed by atoms with Crippen LogP contribution in [0.25, 0.3) is 0 Å². The highest BCUT2D eigenvalue weighted by Gasteiger charge is 2.24. The first-order chi connectivity index (χ1) is 11.0. The van der Waals surface area contributed by atoms with E-state index in [-0.39, 0.29) is 11.3 Å². The van der Waals surface area contributed by atoms with Crippen LogP contribution in [0.15, 0.2) is 30.3 Å². The van der Waals surface area contributed by atoms with Gasteiger partial charge in [0.1, 0.15) is 17.3 Å². The summed E-state index contributed by atoms with van der Waals surface area (Å²) in [6, 6.07) is 8.15. The Morgan fingerprint density at radius 1 is 1.13 bits per heavy atom. The van der Waals surface area contributed by atoms with Crippen LogP contribution < -0.4 is 4.90 Å². The molecule has 0 bridgehead atoms. The number of hydrogen-bond acceptors (Lipinski definition) is 3. The van der Waals surface area contributed by atoms with Crippen LogP contribution in [0.4, 0.5) is 14.5 Å². The first-order valence-corrected chi connectivity index (χ1v) is 7.40. The second kappa shape index (κ2) is 5.99. The number of anilines is 1. The van der Waals surface area contributed by atoms with Crippen LogP contribution in [0.1, 0.15) is 27.0 Å². The van der Waals surface area contributed by atoms with Gasteiger partial charge >= 0.3 is 5.97 Å². The molecule has 2 aromatic rings. The first-order valence-electron chi connectivity index (χ1n) is 7.40. The van der Waals surface area contributed by atoms with Crippen molar-refractivity contribution in [1.82, 2.24) is 0 Å². The number of ether oxygens (including phenoxy) is 1. The summed E-state index contributed by atoms with van der Waals surface area (Å²) in [7, 11) is 1.18. The molecule has 0 aromatic heterocycles. The van der Waals surface area contributed by atoms with Crippen molar-refractivity contribution in [2.45, 2.75) is 19.9 Å². The molecule has 0 radical (unpaired) electrons. The molecule has 0 saturated heterocycles. The summed E-state index contributed by atoms with van der Waals surface area (Å²) in [6.07, 6.45) is 0.731. The molecule has 0 unspecified atom stereocenters. The lowest BCUT2D eigenvalue weighted by Crippen LogP contribution is -2.32. The number of methoxy groups -OCH3 is 1. The van der Waals surface area contributed by atoms with Crippen molar-refractivity contribution < 1.29 is 18.3 Å². The maximum absolute atomic E-state index is 14.3. The van der Waals surface area contributed by atoms with Gasteiger partial charge in [-0.25, -0.2) is 13.6 Å². The average Bonchev–Trinajstić information content (AvgIpc) is 2.53. The number of benzene rings is 2. The third kappa shape index (κ3) is 2.91. The lowest BCUT2D eigenvalue weighted by Gasteiger charge is -2.31. The van der Waals surface area contributed by atoms with E-state index in [1.165, 1.54) is 18.2 Å². The van der Waals surface area contributed by atoms with Crippen LogP contribution in [-0.2, 0) is 17.7 Å². The summed E-state index contributed by atoms with van der Waals surface area (Å²) in [6.45, 7) is 3.00. The molecule has 0 saturated carbocycles. The molecule has 23 heavy (non-hydrogen) atoms. The van der Waals surface area contributed by atoms with Crippen LogP contribution in [0.2, 0.25) is 0 Å². The normalized spacial score (nSPS) is 13.7. The van der Waals surface area contributed by atoms with E-state index in [0.717, 1.165) is 24.1 Å². The Kier molecular flexibility index (Phi) is 4.03. The Labute approximate surface area is 133 Å². The van der Waals surface area contributed by atoms with E-state index >= 15 is 0 Å². The van der Waals surface area contributed by atoms with Crippen molar-refractivity contribution in [2.75, 3.05) is 18.6 Å². The summed E-state index contributed by atoms with van der Waals surface area (Å²) < 4.78 is 33.2. The van der Waals surface area contributed by atoms with E-state index in [2.05, 4.69) is 10.8 Å². The Hall–Kier alpha value is -2.43. The number of halogens is 2. The lowest BCUT2D eigenvalue weighted by atomic mass is 9.97. The monoisotopic (exact) mass is 317 g/mol. The number of carbonyl (C=O) groups excluding carboxylic acids is 1. The predicted molar refractivity (Wildman–Crippen MR) is 83.6 cm³/mol. The quantitative estimate of drug-likeness (QED) is 0.792. The molecule has 0 spiro atoms. The van der Waals surface area contributed by atoms with Gasteiger partial charge in [0.2, 0.25) is 0 Å². The molecule has 0 atom stereocenters. The summed E-state index contributed by atoms with van der Waals surface area (Å²) in [5.74, 6) is -2.25. The highest BCUT2D eigenvalue weighted by molar-refractivity contribution is 5.89. The minimum atomic E-state index is -0.756. The molecule has 3 rings (SSSR count). The van der Waals surface area contributed by atoms with Crippen molar-refractivity contribution >= 4 is 11.7 Å². The van der Waals surface area contributed by atoms with Crippen molar-refractivity contribution in [3.63, 3.8) is 0 Å². The number of esters is 1. The fraction of sp³-hybridized carbons (Fsp3) is 0.278. The van der Waals surface area contributed by atoms with Gasteiger partial charge in [0, 0.05) is 13.1 Å². The molecular weight excluding hydrogens is 300 g/mol. The zero-order valence-corrected chi connectivity index (χ0v) is 13.0. The molecule has 2 aromatic carbocycles. The molecule has 0 aliphatic carbocycles. The van der Waals surface area contributed by atoms with Crippen molar-refractivity contribution in [3.05, 3.63) is 64.2 Å². The number of rotatable bonds is 2. The van der Waals surface area contributed by atoms with E-state index in [1.807, 2.05) is 19.1 Å². The molecule has 1 aliphatic heterocycles. The van der Waals surface area contributed by atoms with Gasteiger partial charge in [-0.3, -0.25) is 0 Å². The smallest absolute Gasteiger partial charge is 0.338 e. The number of fused-ring (bicyclic) bond motifs is 1. The largest absolute Gasteiger partial charge is 0.465 e. The third-order valence-corrected chi connectivity index (χ3v) is 4.13. The molecule has 0 fully saturated rings. The summed E-state index contributed by atoms with van der Waals surface area (Å²) in [4.78, 5) is 13.1. The van der Waals surface area contributed by atoms with E-state index in [1.54, 1.807) is 4.90 Å². The number of aryl methyl sites for hydroxylation is 1. The maximum atomic E-state index is 14.3. The minimum absolute atomic E-state index is 0.0936. The number of carbonyl (C=O) groups is 1. The van der Waals surface area contributed by atoms with Gasteiger partial charge in [-0.1, -0.05) is 23.8 Å². The molecule has 1 aliphatic rings. The highest BCUT2D eigenvalue weighted by Crippen LogP contribution is 2.30. The number of hydrogen-bond donors (Lipinski definition) is 0. The van der Waals surface area contributed by atoms with Crippen LogP contribution in [0.5, 0.6) is 0 Å². The fourth-order valence-electron chi connectivity index (χ4n) is 2.98. The van der Waals surface area contributed by atoms with Crippen molar-refractivity contribution in [2.24, 2.45) is 0 Å². The second-order valence-corrected chi connectivity index (χ2v) is 5.72. The topological polar surface area (TPSA) is 29.5 Å². The van der Waals surface area contributed by atoms with Gasteiger partial charge in [-0.05, 0) is 36.6 Å². The number of nitrogens with zero attached hydrogens (tertiary/aromatic N) is 1. The predicted octanol–water partition coefficient (Wildman–Crippen LogP) is 3.62. The Morgan fingerprint density at radius 3 is 2.48 bits per heavy atom. The Balaban J connectivity index is 1.94. The van der Waals surface area contributed by atoms with Gasteiger partial charge < -0.3 is 9.64 Å². The molecular formula is C18H17F2NO2. The molecule has 5 heteroatoms. The van der Waals surface area contributed by atoms with Crippen LogP contribution in [0.3, 0.4) is 0 Å². The van der Waals surface area contributed by atoms with Crippen LogP contribution in [-0.4, -0.2) is 19.6 Å². The lowest BCUT2D eigenvalue weighted by molar-refractivity contribution is 0.0599. The Bertz CT molecular complexity index is 751. The van der Waals surface area contributed by atoms with Crippen LogP contribution >= 0.6 is 0 Å². The molecule has 1 heterocycles. The van der Waals surface area contributed by atoms with Crippen molar-refractivity contribution in [3.8, 4) is 0 Å². The van der Waals surface area contributed by atoms with E-state index in [4.69, 9.17) is 0 Å². The van der Waals surface area contributed by atoms with E-state index < -0.39 is 17.6 Å². The molecule has 0 N–H and O–H groups in total. The maximum Gasteiger partial charge on any atom is 0.338 e. The van der Waals surface area contributed by atoms with Gasteiger partial charge in [-0.15, -0.1) is 0 Å². The van der Waals surface area contributed by atoms with Gasteiger partial charge in [0.05, 0.1) is 12.7 Å². The van der Waals surface area contributed by atoms with Gasteiger partial charge in [0.15, 0.2) is 0 Å². The molecule has 3 nitrogen and oxygen atoms in total. The molecule has 120 valence electrons. The average molecular weight is 317 g/mol. The summed E-state index contributed by atoms with van der Waals surface area (Å²) in [5, 5.41) is 0. The first kappa shape index (κ1) is 15.5. The van der Waals surface area contributed by atoms with Gasteiger partial charge in [0.25, 0.3) is 0 Å². The summed E-state index contributed by atoms with van der Waals surface area (Å²) >= 11 is 0. The van der Waals surface area contributed by atoms with Crippen LogP contribution in [0, 0.1) is 18.6 Å². The van der Waals surface area contributed by atoms with Crippen molar-refractivity contribution in [1.29, 1.82) is 0 Å². The van der Waals surface area contributed by atoms with E-state index in [9.17, 15) is 13.6 Å². The second-order valence-electron chi connectivity index (χ2n) is 5.72. The standard InChI is InChI=1S/C18H17F2NO2/c1-11-3-4-13-10-21(6-5-12(13)7-11)17-15(19)8-14(9-16(17)20)18(22)23-2/h3-4,7-9H,5-6,10H2,1-2H3. The zero-order chi connectivity index (χ0) is 16.6. The minimum Gasteiger partial charge on any atom is -0.465 e. The zero-order valence-electron chi connectivity index (χ0n) is 13.0. The third-order valence-electron chi connectivity index (χ3n) is 4.13.